The summed E-state index contributed by atoms with van der Waals surface area (Å²) in [6.45, 7) is 6.64. The summed E-state index contributed by atoms with van der Waals surface area (Å²) in [4.78, 5) is 28.0. The van der Waals surface area contributed by atoms with Crippen molar-refractivity contribution in [3.05, 3.63) is 99.5 Å². The van der Waals surface area contributed by atoms with Crippen LogP contribution in [0.1, 0.15) is 49.4 Å². The van der Waals surface area contributed by atoms with Crippen LogP contribution >= 0.6 is 15.9 Å². The van der Waals surface area contributed by atoms with Crippen LogP contribution in [0.25, 0.3) is 5.76 Å². The third-order valence-corrected chi connectivity index (χ3v) is 6.44. The van der Waals surface area contributed by atoms with Gasteiger partial charge in [-0.25, -0.2) is 0 Å². The van der Waals surface area contributed by atoms with Crippen LogP contribution in [0.4, 0.5) is 5.69 Å². The number of hydrogen-bond acceptors (Lipinski definition) is 4. The summed E-state index contributed by atoms with van der Waals surface area (Å²) in [6.07, 6.45) is 0. The molecule has 0 bridgehead atoms. The Hall–Kier alpha value is -3.38. The molecule has 1 saturated heterocycles. The quantitative estimate of drug-likeness (QED) is 0.226. The first-order valence-corrected chi connectivity index (χ1v) is 12.0. The van der Waals surface area contributed by atoms with E-state index in [2.05, 4.69) is 29.8 Å². The maximum atomic E-state index is 13.3. The Labute approximate surface area is 207 Å². The van der Waals surface area contributed by atoms with E-state index in [-0.39, 0.29) is 11.3 Å². The first kappa shape index (κ1) is 23.8. The number of ketones is 1. The third kappa shape index (κ3) is 4.50. The van der Waals surface area contributed by atoms with Crippen LogP contribution in [0.15, 0.2) is 82.8 Å². The molecule has 0 saturated carbocycles. The van der Waals surface area contributed by atoms with E-state index in [0.717, 1.165) is 15.6 Å². The van der Waals surface area contributed by atoms with Crippen molar-refractivity contribution in [1.29, 1.82) is 0 Å². The Bertz CT molecular complexity index is 1230. The summed E-state index contributed by atoms with van der Waals surface area (Å²) in [7, 11) is 0. The van der Waals surface area contributed by atoms with Gasteiger partial charge in [-0.3, -0.25) is 14.5 Å². The summed E-state index contributed by atoms with van der Waals surface area (Å²) in [6, 6.07) is 21.1. The number of aliphatic hydroxyl groups is 1. The molecule has 0 radical (unpaired) electrons. The van der Waals surface area contributed by atoms with Crippen molar-refractivity contribution < 1.29 is 19.4 Å². The zero-order chi connectivity index (χ0) is 24.4. The molecule has 1 N–H and O–H groups in total. The van der Waals surface area contributed by atoms with Crippen molar-refractivity contribution in [1.82, 2.24) is 0 Å². The van der Waals surface area contributed by atoms with Gasteiger partial charge in [-0.05, 0) is 60.4 Å². The van der Waals surface area contributed by atoms with Crippen molar-refractivity contribution >= 4 is 39.1 Å². The van der Waals surface area contributed by atoms with Crippen LogP contribution in [-0.4, -0.2) is 23.4 Å². The van der Waals surface area contributed by atoms with Crippen LogP contribution in [-0.2, 0) is 9.59 Å². The fourth-order valence-electron chi connectivity index (χ4n) is 4.11. The lowest BCUT2D eigenvalue weighted by Crippen LogP contribution is -2.29. The zero-order valence-corrected chi connectivity index (χ0v) is 20.9. The van der Waals surface area contributed by atoms with E-state index >= 15 is 0 Å². The molecule has 1 aliphatic heterocycles. The molecule has 5 nitrogen and oxygen atoms in total. The third-order valence-electron chi connectivity index (χ3n) is 5.91. The summed E-state index contributed by atoms with van der Waals surface area (Å²) >= 11 is 3.39. The number of rotatable bonds is 6. The van der Waals surface area contributed by atoms with E-state index in [9.17, 15) is 14.7 Å². The lowest BCUT2D eigenvalue weighted by atomic mass is 9.93. The number of hydrogen-bond donors (Lipinski definition) is 1. The monoisotopic (exact) mass is 519 g/mol. The van der Waals surface area contributed by atoms with Gasteiger partial charge in [0.05, 0.1) is 18.2 Å². The second kappa shape index (κ2) is 9.85. The molecule has 174 valence electrons. The first-order chi connectivity index (χ1) is 16.3. The summed E-state index contributed by atoms with van der Waals surface area (Å²) in [5.41, 5.74) is 2.99. The highest BCUT2D eigenvalue weighted by atomic mass is 79.9. The maximum Gasteiger partial charge on any atom is 0.300 e. The van der Waals surface area contributed by atoms with Gasteiger partial charge < -0.3 is 9.84 Å². The predicted octanol–water partition coefficient (Wildman–Crippen LogP) is 6.60. The van der Waals surface area contributed by atoms with Crippen LogP contribution < -0.4 is 9.64 Å². The molecule has 0 aromatic heterocycles. The molecule has 4 rings (SSSR count). The van der Waals surface area contributed by atoms with Gasteiger partial charge in [-0.1, -0.05) is 66.2 Å². The van der Waals surface area contributed by atoms with Crippen molar-refractivity contribution in [3.63, 3.8) is 0 Å². The highest BCUT2D eigenvalue weighted by molar-refractivity contribution is 9.10. The van der Waals surface area contributed by atoms with Gasteiger partial charge >= 0.3 is 0 Å². The molecule has 0 spiro atoms. The Morgan fingerprint density at radius 3 is 2.15 bits per heavy atom. The smallest absolute Gasteiger partial charge is 0.300 e. The van der Waals surface area contributed by atoms with Gasteiger partial charge in [0, 0.05) is 15.7 Å². The van der Waals surface area contributed by atoms with Gasteiger partial charge in [-0.2, -0.15) is 0 Å². The normalized spacial score (nSPS) is 17.4. The van der Waals surface area contributed by atoms with Gasteiger partial charge in [0.15, 0.2) is 0 Å². The lowest BCUT2D eigenvalue weighted by molar-refractivity contribution is -0.132. The molecule has 0 aliphatic carbocycles. The van der Waals surface area contributed by atoms with Gasteiger partial charge in [0.25, 0.3) is 11.7 Å². The van der Waals surface area contributed by atoms with E-state index in [1.807, 2.05) is 31.2 Å². The molecule has 3 aromatic rings. The highest BCUT2D eigenvalue weighted by Gasteiger charge is 2.47. The maximum absolute atomic E-state index is 13.3. The predicted molar refractivity (Wildman–Crippen MR) is 137 cm³/mol. The molecule has 1 amide bonds. The largest absolute Gasteiger partial charge is 0.507 e. The van der Waals surface area contributed by atoms with Gasteiger partial charge in [-0.15, -0.1) is 0 Å². The number of ether oxygens (including phenoxy) is 1. The fraction of sp³-hybridized carbons (Fsp3) is 0.214. The molecule has 34 heavy (non-hydrogen) atoms. The van der Waals surface area contributed by atoms with Gasteiger partial charge in [0.2, 0.25) is 0 Å². The zero-order valence-electron chi connectivity index (χ0n) is 19.3. The van der Waals surface area contributed by atoms with E-state index in [4.69, 9.17) is 4.74 Å². The number of anilines is 1. The highest BCUT2D eigenvalue weighted by Crippen LogP contribution is 2.42. The van der Waals surface area contributed by atoms with Gasteiger partial charge in [0.1, 0.15) is 11.5 Å². The second-order valence-corrected chi connectivity index (χ2v) is 9.34. The number of carbonyl (C=O) groups excluding carboxylic acids is 2. The number of nitrogens with zero attached hydrogens (tertiary/aromatic N) is 1. The Balaban J connectivity index is 1.87. The first-order valence-electron chi connectivity index (χ1n) is 11.2. The van der Waals surface area contributed by atoms with E-state index < -0.39 is 17.7 Å². The minimum atomic E-state index is -0.761. The molecule has 1 aliphatic rings. The van der Waals surface area contributed by atoms with E-state index in [0.29, 0.717) is 29.5 Å². The molecular weight excluding hydrogens is 494 g/mol. The van der Waals surface area contributed by atoms with Crippen LogP contribution in [0.3, 0.4) is 0 Å². The summed E-state index contributed by atoms with van der Waals surface area (Å²) < 4.78 is 6.37. The molecule has 1 fully saturated rings. The van der Waals surface area contributed by atoms with E-state index in [1.54, 1.807) is 48.5 Å². The molecular formula is C28H26BrNO4. The van der Waals surface area contributed by atoms with Crippen LogP contribution in [0, 0.1) is 0 Å². The fourth-order valence-corrected chi connectivity index (χ4v) is 4.37. The SMILES string of the molecule is CCOc1ccc(N2C(=O)C(=O)/C(=C(\O)c3ccc(Br)cc3)C2c2ccc(C(C)C)cc2)cc1. The minimum Gasteiger partial charge on any atom is -0.507 e. The average Bonchev–Trinajstić information content (AvgIpc) is 3.10. The Morgan fingerprint density at radius 2 is 1.59 bits per heavy atom. The summed E-state index contributed by atoms with van der Waals surface area (Å²) in [5.74, 6) is -0.574. The lowest BCUT2D eigenvalue weighted by Gasteiger charge is -2.26. The number of benzene rings is 3. The van der Waals surface area contributed by atoms with Crippen LogP contribution in [0.5, 0.6) is 5.75 Å². The Kier molecular flexibility index (Phi) is 6.89. The van der Waals surface area contributed by atoms with Crippen molar-refractivity contribution in [2.75, 3.05) is 11.5 Å². The summed E-state index contributed by atoms with van der Waals surface area (Å²) in [5, 5.41) is 11.2. The number of Topliss-reactive ketones (excluding diaryl/α,β-unsaturated/α-hetero) is 1. The standard InChI is InChI=1S/C28H26BrNO4/c1-4-34-23-15-13-22(14-16-23)30-25(19-7-5-18(6-8-19)17(2)3)24(27(32)28(30)33)26(31)20-9-11-21(29)12-10-20/h5-17,25,31H,4H2,1-3H3/b26-24-. The van der Waals surface area contributed by atoms with Crippen molar-refractivity contribution in [2.45, 2.75) is 32.7 Å². The minimum absolute atomic E-state index is 0.0681. The topological polar surface area (TPSA) is 66.8 Å². The molecule has 3 aromatic carbocycles. The van der Waals surface area contributed by atoms with Crippen LogP contribution in [0.2, 0.25) is 0 Å². The molecule has 1 unspecified atom stereocenters. The Morgan fingerprint density at radius 1 is 0.971 bits per heavy atom. The number of amides is 1. The molecule has 1 atom stereocenters. The second-order valence-electron chi connectivity index (χ2n) is 8.42. The average molecular weight is 520 g/mol. The molecule has 1 heterocycles. The molecule has 6 heteroatoms. The van der Waals surface area contributed by atoms with E-state index in [1.165, 1.54) is 4.90 Å². The number of halogens is 1. The number of carbonyl (C=O) groups is 2. The van der Waals surface area contributed by atoms with Crippen molar-refractivity contribution in [3.8, 4) is 5.75 Å². The van der Waals surface area contributed by atoms with Crippen molar-refractivity contribution in [2.24, 2.45) is 0 Å². The number of aliphatic hydroxyl groups excluding tert-OH is 1.